The Morgan fingerprint density at radius 1 is 1.14 bits per heavy atom. The Bertz CT molecular complexity index is 1650. The molecular formula is C31H30Cl2N4O5S. The van der Waals surface area contributed by atoms with Gasteiger partial charge >= 0.3 is 6.09 Å². The number of anilines is 1. The van der Waals surface area contributed by atoms with Gasteiger partial charge < -0.3 is 19.9 Å². The summed E-state index contributed by atoms with van der Waals surface area (Å²) in [6, 6.07) is 16.5. The molecule has 0 saturated carbocycles. The maximum absolute atomic E-state index is 13.0. The first-order chi connectivity index (χ1) is 20.8. The van der Waals surface area contributed by atoms with Crippen molar-refractivity contribution in [2.75, 3.05) is 31.2 Å². The van der Waals surface area contributed by atoms with Crippen LogP contribution in [-0.2, 0) is 11.3 Å². The number of aliphatic hydroxyl groups is 1. The third kappa shape index (κ3) is 6.78. The van der Waals surface area contributed by atoms with Gasteiger partial charge in [-0.2, -0.15) is 5.10 Å². The summed E-state index contributed by atoms with van der Waals surface area (Å²) in [5, 5.41) is 17.1. The quantitative estimate of drug-likeness (QED) is 0.218. The molecule has 0 radical (unpaired) electrons. The Labute approximate surface area is 263 Å². The minimum Gasteiger partial charge on any atom is -0.477 e. The van der Waals surface area contributed by atoms with Crippen LogP contribution in [0.1, 0.15) is 28.4 Å². The van der Waals surface area contributed by atoms with E-state index in [1.807, 2.05) is 55.6 Å². The van der Waals surface area contributed by atoms with E-state index in [0.717, 1.165) is 32.8 Å². The molecule has 43 heavy (non-hydrogen) atoms. The highest BCUT2D eigenvalue weighted by atomic mass is 35.5. The van der Waals surface area contributed by atoms with Crippen LogP contribution in [0.5, 0.6) is 5.75 Å². The van der Waals surface area contributed by atoms with Crippen LogP contribution in [0.2, 0.25) is 10.0 Å². The average molecular weight is 642 g/mol. The molecular weight excluding hydrogens is 611 g/mol. The second kappa shape index (κ2) is 13.7. The number of aliphatic hydroxyl groups excluding tert-OH is 1. The first-order valence-corrected chi connectivity index (χ1v) is 15.3. The average Bonchev–Trinajstić information content (AvgIpc) is 3.47. The lowest BCUT2D eigenvalue weighted by Crippen LogP contribution is -2.42. The molecule has 5 rings (SSSR count). The highest BCUT2D eigenvalue weighted by Gasteiger charge is 2.33. The lowest BCUT2D eigenvalue weighted by molar-refractivity contribution is 0.0944. The van der Waals surface area contributed by atoms with E-state index >= 15 is 0 Å². The van der Waals surface area contributed by atoms with E-state index in [0.29, 0.717) is 27.9 Å². The molecule has 9 nitrogen and oxygen atoms in total. The Kier molecular flexibility index (Phi) is 9.82. The number of halogens is 2. The maximum atomic E-state index is 13.0. The topological polar surface area (TPSA) is 106 Å². The van der Waals surface area contributed by atoms with Gasteiger partial charge in [-0.3, -0.25) is 14.4 Å². The fraction of sp³-hybridized carbons (Fsp3) is 0.258. The second-order valence-electron chi connectivity index (χ2n) is 9.68. The molecule has 0 spiro atoms. The predicted molar refractivity (Wildman–Crippen MR) is 168 cm³/mol. The lowest BCUT2D eigenvalue weighted by Gasteiger charge is -2.34. The number of carbonyl (C=O) groups is 2. The van der Waals surface area contributed by atoms with Gasteiger partial charge in [-0.05, 0) is 43.7 Å². The highest BCUT2D eigenvalue weighted by molar-refractivity contribution is 8.00. The fourth-order valence-electron chi connectivity index (χ4n) is 4.70. The van der Waals surface area contributed by atoms with E-state index in [9.17, 15) is 9.59 Å². The van der Waals surface area contributed by atoms with Gasteiger partial charge in [0, 0.05) is 39.4 Å². The fourth-order valence-corrected chi connectivity index (χ4v) is 6.39. The van der Waals surface area contributed by atoms with E-state index in [1.165, 1.54) is 11.8 Å². The van der Waals surface area contributed by atoms with Crippen molar-refractivity contribution in [2.24, 2.45) is 0 Å². The summed E-state index contributed by atoms with van der Waals surface area (Å²) in [5.74, 6) is 0.289. The number of hydrogen-bond acceptors (Lipinski definition) is 7. The van der Waals surface area contributed by atoms with Crippen LogP contribution < -0.4 is 15.0 Å². The van der Waals surface area contributed by atoms with Crippen LogP contribution in [0, 0.1) is 6.92 Å². The summed E-state index contributed by atoms with van der Waals surface area (Å²) in [5.41, 5.74) is 3.87. The Morgan fingerprint density at radius 2 is 1.93 bits per heavy atom. The number of thioether (sulfide) groups is 1. The highest BCUT2D eigenvalue weighted by Crippen LogP contribution is 2.45. The van der Waals surface area contributed by atoms with E-state index in [1.54, 1.807) is 34.8 Å². The predicted octanol–water partition coefficient (Wildman–Crippen LogP) is 6.41. The Hall–Kier alpha value is -3.70. The number of aromatic nitrogens is 2. The molecule has 0 aliphatic carbocycles. The van der Waals surface area contributed by atoms with Crippen molar-refractivity contribution in [2.45, 2.75) is 30.7 Å². The number of nitrogens with one attached hydrogen (secondary N) is 1. The van der Waals surface area contributed by atoms with Gasteiger partial charge in [-0.1, -0.05) is 65.3 Å². The van der Waals surface area contributed by atoms with Crippen molar-refractivity contribution < 1.29 is 24.2 Å². The molecule has 1 atom stereocenters. The molecule has 3 aromatic carbocycles. The van der Waals surface area contributed by atoms with Gasteiger partial charge in [-0.25, -0.2) is 4.79 Å². The summed E-state index contributed by atoms with van der Waals surface area (Å²) < 4.78 is 13.5. The van der Waals surface area contributed by atoms with Crippen molar-refractivity contribution in [1.82, 2.24) is 15.1 Å². The van der Waals surface area contributed by atoms with E-state index in [4.69, 9.17) is 37.8 Å². The smallest absolute Gasteiger partial charge is 0.414 e. The van der Waals surface area contributed by atoms with Crippen LogP contribution in [0.25, 0.3) is 11.1 Å². The van der Waals surface area contributed by atoms with Crippen LogP contribution >= 0.6 is 35.0 Å². The molecule has 1 aliphatic rings. The maximum Gasteiger partial charge on any atom is 0.414 e. The Balaban J connectivity index is 1.45. The van der Waals surface area contributed by atoms with Crippen molar-refractivity contribution in [3.05, 3.63) is 93.7 Å². The van der Waals surface area contributed by atoms with Crippen molar-refractivity contribution in [3.8, 4) is 16.9 Å². The molecule has 1 aliphatic heterocycles. The Morgan fingerprint density at radius 3 is 2.72 bits per heavy atom. The van der Waals surface area contributed by atoms with Gasteiger partial charge in [0.1, 0.15) is 5.75 Å². The zero-order valence-electron chi connectivity index (χ0n) is 23.5. The lowest BCUT2D eigenvalue weighted by atomic mass is 10.1. The van der Waals surface area contributed by atoms with Gasteiger partial charge in [0.15, 0.2) is 5.44 Å². The number of fused-ring (bicyclic) bond motifs is 1. The summed E-state index contributed by atoms with van der Waals surface area (Å²) in [6.45, 7) is 4.50. The number of rotatable bonds is 9. The second-order valence-corrected chi connectivity index (χ2v) is 11.6. The molecule has 2 N–H and O–H groups in total. The largest absolute Gasteiger partial charge is 0.477 e. The van der Waals surface area contributed by atoms with E-state index in [2.05, 4.69) is 10.4 Å². The molecule has 224 valence electrons. The van der Waals surface area contributed by atoms with Crippen LogP contribution in [0.4, 0.5) is 10.5 Å². The molecule has 12 heteroatoms. The van der Waals surface area contributed by atoms with Crippen molar-refractivity contribution >= 4 is 52.7 Å². The monoisotopic (exact) mass is 640 g/mol. The van der Waals surface area contributed by atoms with Gasteiger partial charge in [0.25, 0.3) is 5.91 Å². The van der Waals surface area contributed by atoms with Gasteiger partial charge in [0.2, 0.25) is 0 Å². The molecule has 4 aromatic rings. The number of hydrogen-bond donors (Lipinski definition) is 2. The van der Waals surface area contributed by atoms with Crippen LogP contribution in [0.3, 0.4) is 0 Å². The zero-order valence-corrected chi connectivity index (χ0v) is 25.9. The zero-order chi connectivity index (χ0) is 30.5. The molecule has 1 unspecified atom stereocenters. The number of carbonyl (C=O) groups excluding carboxylic acids is 2. The van der Waals surface area contributed by atoms with Crippen LogP contribution in [0.15, 0.2) is 71.9 Å². The van der Waals surface area contributed by atoms with E-state index in [-0.39, 0.29) is 32.2 Å². The SMILES string of the molecule is CCOC(=O)N1CC(Oc2cccc(Cl)c2C)Sc2c(-c3cnn(Cc4cccc(C(=O)NCCO)c4Cl)c3)cccc21. The van der Waals surface area contributed by atoms with E-state index < -0.39 is 11.5 Å². The van der Waals surface area contributed by atoms with Crippen LogP contribution in [-0.4, -0.2) is 58.6 Å². The summed E-state index contributed by atoms with van der Waals surface area (Å²) in [6.07, 6.45) is 3.19. The first-order valence-electron chi connectivity index (χ1n) is 13.7. The van der Waals surface area contributed by atoms with Gasteiger partial charge in [0.05, 0.1) is 48.8 Å². The van der Waals surface area contributed by atoms with Crippen molar-refractivity contribution in [3.63, 3.8) is 0 Å². The van der Waals surface area contributed by atoms with Gasteiger partial charge in [-0.15, -0.1) is 0 Å². The number of nitrogens with zero attached hydrogens (tertiary/aromatic N) is 3. The number of ether oxygens (including phenoxy) is 2. The molecule has 1 aromatic heterocycles. The molecule has 0 saturated heterocycles. The molecule has 2 heterocycles. The third-order valence-corrected chi connectivity index (χ3v) is 8.86. The summed E-state index contributed by atoms with van der Waals surface area (Å²) in [4.78, 5) is 28.0. The normalized spacial score (nSPS) is 14.3. The molecule has 2 amide bonds. The standard InChI is InChI=1S/C31H30Cl2N4O5S/c1-3-41-31(40)37-18-27(42-26-12-6-10-24(32)19(26)2)43-29-22(8-5-11-25(29)37)21-15-35-36(17-21)16-20-7-4-9-23(28(20)33)30(39)34-13-14-38/h4-12,15,17,27,38H,3,13-14,16,18H2,1-2H3,(H,34,39). The number of benzene rings is 3. The molecule has 0 fully saturated rings. The first kappa shape index (κ1) is 30.7. The summed E-state index contributed by atoms with van der Waals surface area (Å²) in [7, 11) is 0. The van der Waals surface area contributed by atoms with Crippen molar-refractivity contribution in [1.29, 1.82) is 0 Å². The number of amides is 2. The molecule has 0 bridgehead atoms. The summed E-state index contributed by atoms with van der Waals surface area (Å²) >= 11 is 14.4. The minimum absolute atomic E-state index is 0.138. The minimum atomic E-state index is -0.453. The third-order valence-electron chi connectivity index (χ3n) is 6.83.